The molecule has 1 atom stereocenters. The topological polar surface area (TPSA) is 16.1 Å². The van der Waals surface area contributed by atoms with Crippen LogP contribution in [0.2, 0.25) is 5.02 Å². The number of halogens is 3. The molecule has 0 spiro atoms. The van der Waals surface area contributed by atoms with Crippen LogP contribution < -0.4 is 4.90 Å². The molecule has 0 N–H and O–H groups in total. The molecule has 1 aliphatic heterocycles. The molecule has 2 nitrogen and oxygen atoms in total. The van der Waals surface area contributed by atoms with Gasteiger partial charge in [0.05, 0.1) is 5.02 Å². The third-order valence-electron chi connectivity index (χ3n) is 3.12. The highest BCUT2D eigenvalue weighted by Crippen LogP contribution is 2.27. The molecule has 1 unspecified atom stereocenters. The van der Waals surface area contributed by atoms with E-state index in [1.54, 1.807) is 0 Å². The molecule has 1 saturated heterocycles. The van der Waals surface area contributed by atoms with Crippen molar-refractivity contribution in [2.24, 2.45) is 0 Å². The highest BCUT2D eigenvalue weighted by Gasteiger charge is 2.23. The molecule has 94 valence electrons. The van der Waals surface area contributed by atoms with Gasteiger partial charge in [-0.2, -0.15) is 0 Å². The van der Waals surface area contributed by atoms with Gasteiger partial charge in [-0.3, -0.25) is 0 Å². The van der Waals surface area contributed by atoms with Crippen LogP contribution in [-0.4, -0.2) is 22.9 Å². The van der Waals surface area contributed by atoms with Crippen molar-refractivity contribution in [1.82, 2.24) is 4.98 Å². The van der Waals surface area contributed by atoms with E-state index in [-0.39, 0.29) is 5.82 Å². The lowest BCUT2D eigenvalue weighted by Crippen LogP contribution is -2.37. The van der Waals surface area contributed by atoms with Gasteiger partial charge in [0.15, 0.2) is 11.6 Å². The van der Waals surface area contributed by atoms with Gasteiger partial charge in [0.2, 0.25) is 0 Å². The lowest BCUT2D eigenvalue weighted by atomic mass is 10.1. The lowest BCUT2D eigenvalue weighted by molar-refractivity contribution is 0.577. The van der Waals surface area contributed by atoms with E-state index in [1.165, 1.54) is 25.1 Å². The highest BCUT2D eigenvalue weighted by molar-refractivity contribution is 9.09. The molecule has 1 aromatic heterocycles. The Labute approximate surface area is 114 Å². The van der Waals surface area contributed by atoms with E-state index in [9.17, 15) is 4.39 Å². The minimum absolute atomic E-state index is 0.320. The number of aromatic nitrogens is 1. The molecule has 0 bridgehead atoms. The van der Waals surface area contributed by atoms with Gasteiger partial charge in [0.1, 0.15) is 0 Å². The van der Waals surface area contributed by atoms with Gasteiger partial charge in [-0.1, -0.05) is 40.4 Å². The highest BCUT2D eigenvalue weighted by atomic mass is 79.9. The van der Waals surface area contributed by atoms with Crippen LogP contribution >= 0.6 is 27.5 Å². The second-order valence-electron chi connectivity index (χ2n) is 4.31. The van der Waals surface area contributed by atoms with E-state index in [1.807, 2.05) is 0 Å². The summed E-state index contributed by atoms with van der Waals surface area (Å²) in [7, 11) is 0. The van der Waals surface area contributed by atoms with Gasteiger partial charge in [-0.15, -0.1) is 0 Å². The van der Waals surface area contributed by atoms with E-state index in [4.69, 9.17) is 11.6 Å². The molecule has 5 heteroatoms. The fraction of sp³-hybridized carbons (Fsp3) is 0.583. The average molecular weight is 322 g/mol. The molecule has 1 aromatic rings. The normalized spacial score (nSPS) is 21.4. The van der Waals surface area contributed by atoms with Gasteiger partial charge in [0.25, 0.3) is 0 Å². The van der Waals surface area contributed by atoms with Crippen molar-refractivity contribution < 1.29 is 4.39 Å². The number of hydrogen-bond donors (Lipinski definition) is 0. The molecule has 0 aliphatic carbocycles. The third-order valence-corrected chi connectivity index (χ3v) is 4.07. The molecular weight excluding hydrogens is 307 g/mol. The largest absolute Gasteiger partial charge is 0.350 e. The standard InChI is InChI=1S/C12H15BrClFN2/c13-7-10-4-2-1-3-5-17(10)12-11(15)6-9(14)8-16-12/h6,8,10H,1-5,7H2. The summed E-state index contributed by atoms with van der Waals surface area (Å²) in [5.41, 5.74) is 0. The summed E-state index contributed by atoms with van der Waals surface area (Å²) in [4.78, 5) is 6.20. The minimum atomic E-state index is -0.328. The fourth-order valence-corrected chi connectivity index (χ4v) is 3.05. The van der Waals surface area contributed by atoms with E-state index >= 15 is 0 Å². The zero-order chi connectivity index (χ0) is 12.3. The van der Waals surface area contributed by atoms with Crippen molar-refractivity contribution in [3.8, 4) is 0 Å². The Hall–Kier alpha value is -0.350. The maximum atomic E-state index is 13.9. The van der Waals surface area contributed by atoms with Crippen LogP contribution in [0, 0.1) is 5.82 Å². The molecular formula is C12H15BrClFN2. The Bertz CT molecular complexity index is 389. The maximum Gasteiger partial charge on any atom is 0.167 e. The predicted octanol–water partition coefficient (Wildman–Crippen LogP) is 4.02. The molecule has 0 radical (unpaired) electrons. The SMILES string of the molecule is Fc1cc(Cl)cnc1N1CCCCCC1CBr. The number of nitrogens with zero attached hydrogens (tertiary/aromatic N) is 2. The van der Waals surface area contributed by atoms with E-state index in [2.05, 4.69) is 25.8 Å². The molecule has 2 rings (SSSR count). The van der Waals surface area contributed by atoms with Crippen molar-refractivity contribution >= 4 is 33.3 Å². The van der Waals surface area contributed by atoms with Crippen molar-refractivity contribution in [2.45, 2.75) is 31.7 Å². The molecule has 0 saturated carbocycles. The molecule has 17 heavy (non-hydrogen) atoms. The van der Waals surface area contributed by atoms with Gasteiger partial charge >= 0.3 is 0 Å². The monoisotopic (exact) mass is 320 g/mol. The zero-order valence-electron chi connectivity index (χ0n) is 9.50. The average Bonchev–Trinajstić information content (AvgIpc) is 2.54. The van der Waals surface area contributed by atoms with Crippen LogP contribution in [0.3, 0.4) is 0 Å². The Morgan fingerprint density at radius 2 is 2.29 bits per heavy atom. The minimum Gasteiger partial charge on any atom is -0.350 e. The Kier molecular flexibility index (Phi) is 4.62. The Balaban J connectivity index is 2.28. The Morgan fingerprint density at radius 3 is 3.00 bits per heavy atom. The molecule has 0 amide bonds. The van der Waals surface area contributed by atoms with Crippen LogP contribution in [0.15, 0.2) is 12.3 Å². The van der Waals surface area contributed by atoms with Crippen LogP contribution in [0.25, 0.3) is 0 Å². The molecule has 1 aliphatic rings. The quantitative estimate of drug-likeness (QED) is 0.765. The van der Waals surface area contributed by atoms with E-state index in [0.717, 1.165) is 24.7 Å². The number of rotatable bonds is 2. The second-order valence-corrected chi connectivity index (χ2v) is 5.39. The summed E-state index contributed by atoms with van der Waals surface area (Å²) in [6.45, 7) is 0.863. The summed E-state index contributed by atoms with van der Waals surface area (Å²) >= 11 is 9.23. The van der Waals surface area contributed by atoms with Crippen LogP contribution in [-0.2, 0) is 0 Å². The van der Waals surface area contributed by atoms with Crippen molar-refractivity contribution in [2.75, 3.05) is 16.8 Å². The smallest absolute Gasteiger partial charge is 0.167 e. The molecule has 1 fully saturated rings. The molecule has 2 heterocycles. The van der Waals surface area contributed by atoms with Crippen LogP contribution in [0.4, 0.5) is 10.2 Å². The van der Waals surface area contributed by atoms with Crippen molar-refractivity contribution in [3.05, 3.63) is 23.1 Å². The number of anilines is 1. The van der Waals surface area contributed by atoms with Gasteiger partial charge in [-0.25, -0.2) is 9.37 Å². The fourth-order valence-electron chi connectivity index (χ4n) is 2.24. The lowest BCUT2D eigenvalue weighted by Gasteiger charge is -2.30. The Morgan fingerprint density at radius 1 is 1.47 bits per heavy atom. The van der Waals surface area contributed by atoms with Crippen molar-refractivity contribution in [1.29, 1.82) is 0 Å². The summed E-state index contributed by atoms with van der Waals surface area (Å²) in [6, 6.07) is 1.65. The van der Waals surface area contributed by atoms with Crippen LogP contribution in [0.5, 0.6) is 0 Å². The van der Waals surface area contributed by atoms with Gasteiger partial charge < -0.3 is 4.90 Å². The summed E-state index contributed by atoms with van der Waals surface area (Å²) in [5.74, 6) is 0.103. The first-order valence-corrected chi connectivity index (χ1v) is 7.36. The summed E-state index contributed by atoms with van der Waals surface area (Å²) in [6.07, 6.45) is 6.08. The first kappa shape index (κ1) is 13.1. The number of alkyl halides is 1. The van der Waals surface area contributed by atoms with Crippen molar-refractivity contribution in [3.63, 3.8) is 0 Å². The summed E-state index contributed by atoms with van der Waals surface area (Å²) in [5, 5.41) is 1.19. The zero-order valence-corrected chi connectivity index (χ0v) is 11.8. The number of hydrogen-bond acceptors (Lipinski definition) is 2. The number of pyridine rings is 1. The van der Waals surface area contributed by atoms with E-state index in [0.29, 0.717) is 16.9 Å². The van der Waals surface area contributed by atoms with Gasteiger partial charge in [0, 0.05) is 24.1 Å². The predicted molar refractivity (Wildman–Crippen MR) is 72.6 cm³/mol. The first-order chi connectivity index (χ1) is 8.22. The second kappa shape index (κ2) is 6.01. The van der Waals surface area contributed by atoms with Crippen LogP contribution in [0.1, 0.15) is 25.7 Å². The van der Waals surface area contributed by atoms with E-state index < -0.39 is 0 Å². The molecule has 0 aromatic carbocycles. The summed E-state index contributed by atoms with van der Waals surface area (Å²) < 4.78 is 13.9. The first-order valence-electron chi connectivity index (χ1n) is 5.86. The third kappa shape index (κ3) is 3.10. The van der Waals surface area contributed by atoms with Gasteiger partial charge in [-0.05, 0) is 18.9 Å². The maximum absolute atomic E-state index is 13.9.